The fraction of sp³-hybridized carbons (Fsp3) is 0.214. The summed E-state index contributed by atoms with van der Waals surface area (Å²) in [6.07, 6.45) is 1.77. The molecule has 2 rings (SSSR count). The Morgan fingerprint density at radius 3 is 2.60 bits per heavy atom. The summed E-state index contributed by atoms with van der Waals surface area (Å²) in [5.41, 5.74) is 6.87. The van der Waals surface area contributed by atoms with Gasteiger partial charge in [0.15, 0.2) is 0 Å². The summed E-state index contributed by atoms with van der Waals surface area (Å²) in [6.45, 7) is 2.60. The van der Waals surface area contributed by atoms with Crippen molar-refractivity contribution in [1.82, 2.24) is 10.3 Å². The van der Waals surface area contributed by atoms with Crippen molar-refractivity contribution in [2.45, 2.75) is 12.8 Å². The molecule has 0 saturated heterocycles. The van der Waals surface area contributed by atoms with E-state index >= 15 is 0 Å². The van der Waals surface area contributed by atoms with Gasteiger partial charge in [-0.2, -0.15) is 0 Å². The maximum atomic E-state index is 12.0. The van der Waals surface area contributed by atoms with Crippen LogP contribution in [0, 0.1) is 0 Å². The van der Waals surface area contributed by atoms with Gasteiger partial charge in [0.25, 0.3) is 5.91 Å². The number of hydrogen-bond donors (Lipinski definition) is 2. The van der Waals surface area contributed by atoms with Crippen LogP contribution in [-0.4, -0.2) is 22.4 Å². The van der Waals surface area contributed by atoms with Gasteiger partial charge in [-0.25, -0.2) is 4.98 Å². The predicted molar refractivity (Wildman–Crippen MR) is 85.2 cm³/mol. The van der Waals surface area contributed by atoms with Gasteiger partial charge in [-0.1, -0.05) is 31.3 Å². The highest BCUT2D eigenvalue weighted by Gasteiger charge is 2.11. The lowest BCUT2D eigenvalue weighted by Crippen LogP contribution is -2.27. The second-order valence-corrected chi connectivity index (χ2v) is 5.79. The Balaban J connectivity index is 1.93. The zero-order valence-corrected chi connectivity index (χ0v) is 12.6. The van der Waals surface area contributed by atoms with Crippen LogP contribution < -0.4 is 11.1 Å². The molecule has 1 unspecified atom stereocenters. The molecule has 4 nitrogen and oxygen atoms in total. The minimum Gasteiger partial charge on any atom is -0.389 e. The third-order valence-corrected chi connectivity index (χ3v) is 4.12. The van der Waals surface area contributed by atoms with E-state index in [1.165, 1.54) is 0 Å². The van der Waals surface area contributed by atoms with Crippen molar-refractivity contribution in [2.75, 3.05) is 6.54 Å². The Labute approximate surface area is 127 Å². The first-order chi connectivity index (χ1) is 9.58. The average molecular weight is 305 g/mol. The first-order valence-corrected chi connectivity index (χ1v) is 7.44. The quantitative estimate of drug-likeness (QED) is 0.832. The molecule has 3 N–H and O–H groups in total. The Bertz CT molecular complexity index is 593. The number of carbonyl (C=O) groups excluding carboxylic acids is 1. The van der Waals surface area contributed by atoms with Gasteiger partial charge >= 0.3 is 0 Å². The second-order valence-electron chi connectivity index (χ2n) is 4.42. The Morgan fingerprint density at radius 2 is 2.05 bits per heavy atom. The number of nitrogens with zero attached hydrogens (tertiary/aromatic N) is 1. The van der Waals surface area contributed by atoms with E-state index in [-0.39, 0.29) is 11.8 Å². The molecule has 6 heteroatoms. The molecule has 1 aromatic heterocycles. The predicted octanol–water partition coefficient (Wildman–Crippen LogP) is 2.31. The van der Waals surface area contributed by atoms with Crippen LogP contribution in [0.3, 0.4) is 0 Å². The number of amides is 1. The van der Waals surface area contributed by atoms with Crippen molar-refractivity contribution in [3.63, 3.8) is 0 Å². The first-order valence-electron chi connectivity index (χ1n) is 6.15. The number of thiocarbonyl (C=S) groups is 1. The van der Waals surface area contributed by atoms with Crippen LogP contribution in [-0.2, 0) is 0 Å². The number of aromatic nitrogens is 1. The molecule has 1 heterocycles. The third kappa shape index (κ3) is 3.61. The summed E-state index contributed by atoms with van der Waals surface area (Å²) in [7, 11) is 0. The lowest BCUT2D eigenvalue weighted by molar-refractivity contribution is 0.0951. The van der Waals surface area contributed by atoms with Crippen LogP contribution in [0.1, 0.15) is 33.8 Å². The Morgan fingerprint density at radius 1 is 1.40 bits per heavy atom. The highest BCUT2D eigenvalue weighted by molar-refractivity contribution is 7.80. The van der Waals surface area contributed by atoms with Crippen LogP contribution in [0.15, 0.2) is 35.8 Å². The van der Waals surface area contributed by atoms with Gasteiger partial charge in [0.1, 0.15) is 4.99 Å². The molecule has 1 atom stereocenters. The lowest BCUT2D eigenvalue weighted by Gasteiger charge is -2.10. The maximum absolute atomic E-state index is 12.0. The number of thiazole rings is 1. The standard InChI is InChI=1S/C14H15N3OS2/c1-9(14-16-6-7-20-14)8-17-13(18)11-4-2-10(3-5-11)12(15)19/h2-7,9H,8H2,1H3,(H2,15,19)(H,17,18). The minimum atomic E-state index is -0.108. The molecule has 0 radical (unpaired) electrons. The van der Waals surface area contributed by atoms with Crippen LogP contribution in [0.2, 0.25) is 0 Å². The smallest absolute Gasteiger partial charge is 0.251 e. The van der Waals surface area contributed by atoms with Crippen LogP contribution >= 0.6 is 23.6 Å². The highest BCUT2D eigenvalue weighted by Crippen LogP contribution is 2.16. The van der Waals surface area contributed by atoms with E-state index in [1.807, 2.05) is 12.3 Å². The number of nitrogens with two attached hydrogens (primary N) is 1. The summed E-state index contributed by atoms with van der Waals surface area (Å²) >= 11 is 6.47. The highest BCUT2D eigenvalue weighted by atomic mass is 32.1. The van der Waals surface area contributed by atoms with Crippen molar-refractivity contribution in [3.05, 3.63) is 52.0 Å². The molecule has 20 heavy (non-hydrogen) atoms. The SMILES string of the molecule is CC(CNC(=O)c1ccc(C(N)=S)cc1)c1nccs1. The Hall–Kier alpha value is -1.79. The fourth-order valence-corrected chi connectivity index (χ4v) is 2.53. The van der Waals surface area contributed by atoms with Gasteiger partial charge in [-0.15, -0.1) is 11.3 Å². The van der Waals surface area contributed by atoms with Crippen molar-refractivity contribution < 1.29 is 4.79 Å². The van der Waals surface area contributed by atoms with E-state index in [9.17, 15) is 4.79 Å². The topological polar surface area (TPSA) is 68.0 Å². The molecule has 2 aromatic rings. The van der Waals surface area contributed by atoms with Gasteiger partial charge in [0.05, 0.1) is 5.01 Å². The molecule has 0 fully saturated rings. The zero-order valence-electron chi connectivity index (χ0n) is 11.0. The number of nitrogens with one attached hydrogen (secondary N) is 1. The molecule has 0 bridgehead atoms. The number of rotatable bonds is 5. The molecule has 0 spiro atoms. The van der Waals surface area contributed by atoms with Crippen molar-refractivity contribution in [2.24, 2.45) is 5.73 Å². The fourth-order valence-electron chi connectivity index (χ4n) is 1.70. The summed E-state index contributed by atoms with van der Waals surface area (Å²) in [5, 5.41) is 5.85. The monoisotopic (exact) mass is 305 g/mol. The lowest BCUT2D eigenvalue weighted by atomic mass is 10.1. The van der Waals surface area contributed by atoms with Crippen molar-refractivity contribution in [3.8, 4) is 0 Å². The van der Waals surface area contributed by atoms with E-state index in [2.05, 4.69) is 10.3 Å². The summed E-state index contributed by atoms with van der Waals surface area (Å²) in [6, 6.07) is 6.94. The first kappa shape index (κ1) is 14.6. The van der Waals surface area contributed by atoms with Crippen LogP contribution in [0.4, 0.5) is 0 Å². The van der Waals surface area contributed by atoms with E-state index in [0.717, 1.165) is 10.6 Å². The number of benzene rings is 1. The summed E-state index contributed by atoms with van der Waals surface area (Å²) in [5.74, 6) is 0.0951. The average Bonchev–Trinajstić information content (AvgIpc) is 2.98. The van der Waals surface area contributed by atoms with Gasteiger partial charge < -0.3 is 11.1 Å². The van der Waals surface area contributed by atoms with Crippen LogP contribution in [0.5, 0.6) is 0 Å². The van der Waals surface area contributed by atoms with E-state index in [4.69, 9.17) is 18.0 Å². The third-order valence-electron chi connectivity index (χ3n) is 2.87. The zero-order chi connectivity index (χ0) is 14.5. The van der Waals surface area contributed by atoms with Crippen molar-refractivity contribution >= 4 is 34.5 Å². The molecule has 0 aliphatic heterocycles. The molecular formula is C14H15N3OS2. The van der Waals surface area contributed by atoms with Gasteiger partial charge in [-0.3, -0.25) is 4.79 Å². The minimum absolute atomic E-state index is 0.108. The number of carbonyl (C=O) groups is 1. The van der Waals surface area contributed by atoms with Crippen molar-refractivity contribution in [1.29, 1.82) is 0 Å². The van der Waals surface area contributed by atoms with Gasteiger partial charge in [0, 0.05) is 35.2 Å². The largest absolute Gasteiger partial charge is 0.389 e. The number of hydrogen-bond acceptors (Lipinski definition) is 4. The normalized spacial score (nSPS) is 11.8. The van der Waals surface area contributed by atoms with Crippen LogP contribution in [0.25, 0.3) is 0 Å². The summed E-state index contributed by atoms with van der Waals surface area (Å²) in [4.78, 5) is 16.6. The second kappa shape index (κ2) is 6.58. The molecule has 0 aliphatic rings. The molecular weight excluding hydrogens is 290 g/mol. The molecule has 0 saturated carbocycles. The maximum Gasteiger partial charge on any atom is 0.251 e. The Kier molecular flexibility index (Phi) is 4.81. The van der Waals surface area contributed by atoms with E-state index < -0.39 is 0 Å². The molecule has 1 aromatic carbocycles. The van der Waals surface area contributed by atoms with E-state index in [1.54, 1.807) is 41.8 Å². The van der Waals surface area contributed by atoms with Gasteiger partial charge in [0.2, 0.25) is 0 Å². The summed E-state index contributed by atoms with van der Waals surface area (Å²) < 4.78 is 0. The molecule has 104 valence electrons. The molecule has 0 aliphatic carbocycles. The molecule has 1 amide bonds. The van der Waals surface area contributed by atoms with E-state index in [0.29, 0.717) is 17.1 Å². The van der Waals surface area contributed by atoms with Gasteiger partial charge in [-0.05, 0) is 12.1 Å².